The highest BCUT2D eigenvalue weighted by molar-refractivity contribution is 5.96. The summed E-state index contributed by atoms with van der Waals surface area (Å²) in [6.45, 7) is 7.97. The fourth-order valence-electron chi connectivity index (χ4n) is 4.64. The molecule has 0 radical (unpaired) electrons. The van der Waals surface area contributed by atoms with Crippen LogP contribution in [0.15, 0.2) is 12.1 Å². The highest BCUT2D eigenvalue weighted by atomic mass is 16.5. The summed E-state index contributed by atoms with van der Waals surface area (Å²) in [6.07, 6.45) is 6.17. The van der Waals surface area contributed by atoms with Crippen LogP contribution in [0.3, 0.4) is 0 Å². The SMILES string of the molecule is CO[C@@H]1CCC[C@]12CCCN(C(=O)c1cc(C)c(C)cc1C)C2. The van der Waals surface area contributed by atoms with E-state index in [-0.39, 0.29) is 11.3 Å². The average Bonchev–Trinajstić information content (AvgIpc) is 2.92. The summed E-state index contributed by atoms with van der Waals surface area (Å²) in [7, 11) is 1.83. The lowest BCUT2D eigenvalue weighted by Crippen LogP contribution is -2.50. The van der Waals surface area contributed by atoms with Crippen LogP contribution in [0.1, 0.15) is 59.2 Å². The predicted molar refractivity (Wildman–Crippen MR) is 92.9 cm³/mol. The number of amides is 1. The van der Waals surface area contributed by atoms with Gasteiger partial charge in [0.15, 0.2) is 0 Å². The number of rotatable bonds is 2. The van der Waals surface area contributed by atoms with Gasteiger partial charge in [0.1, 0.15) is 0 Å². The van der Waals surface area contributed by atoms with Crippen molar-refractivity contribution in [2.45, 2.75) is 59.0 Å². The Morgan fingerprint density at radius 2 is 1.83 bits per heavy atom. The molecule has 1 saturated heterocycles. The van der Waals surface area contributed by atoms with Crippen LogP contribution in [0.5, 0.6) is 0 Å². The molecule has 23 heavy (non-hydrogen) atoms. The number of ether oxygens (including phenoxy) is 1. The molecule has 1 aromatic rings. The molecule has 126 valence electrons. The van der Waals surface area contributed by atoms with Gasteiger partial charge >= 0.3 is 0 Å². The molecular formula is C20H29NO2. The number of piperidine rings is 1. The average molecular weight is 315 g/mol. The molecule has 1 aliphatic heterocycles. The molecule has 3 rings (SSSR count). The number of benzene rings is 1. The normalized spacial score (nSPS) is 27.7. The molecule has 0 unspecified atom stereocenters. The van der Waals surface area contributed by atoms with E-state index in [9.17, 15) is 4.79 Å². The van der Waals surface area contributed by atoms with Gasteiger partial charge < -0.3 is 9.64 Å². The monoisotopic (exact) mass is 315 g/mol. The fourth-order valence-corrected chi connectivity index (χ4v) is 4.64. The highest BCUT2D eigenvalue weighted by Crippen LogP contribution is 2.46. The van der Waals surface area contributed by atoms with Crippen molar-refractivity contribution in [2.75, 3.05) is 20.2 Å². The number of aryl methyl sites for hydroxylation is 3. The molecule has 3 heteroatoms. The Labute approximate surface area is 140 Å². The molecule has 1 heterocycles. The van der Waals surface area contributed by atoms with E-state index in [1.54, 1.807) is 0 Å². The topological polar surface area (TPSA) is 29.5 Å². The van der Waals surface area contributed by atoms with E-state index in [0.717, 1.165) is 37.1 Å². The summed E-state index contributed by atoms with van der Waals surface area (Å²) >= 11 is 0. The molecule has 0 aromatic heterocycles. The maximum absolute atomic E-state index is 13.1. The van der Waals surface area contributed by atoms with Gasteiger partial charge in [-0.3, -0.25) is 4.79 Å². The minimum absolute atomic E-state index is 0.191. The Kier molecular flexibility index (Phi) is 4.50. The van der Waals surface area contributed by atoms with Crippen molar-refractivity contribution in [3.05, 3.63) is 34.4 Å². The molecule has 2 fully saturated rings. The van der Waals surface area contributed by atoms with Crippen molar-refractivity contribution < 1.29 is 9.53 Å². The van der Waals surface area contributed by atoms with Gasteiger partial charge in [-0.2, -0.15) is 0 Å². The van der Waals surface area contributed by atoms with E-state index >= 15 is 0 Å². The third kappa shape index (κ3) is 2.91. The van der Waals surface area contributed by atoms with E-state index < -0.39 is 0 Å². The summed E-state index contributed by atoms with van der Waals surface area (Å²) < 4.78 is 5.76. The minimum atomic E-state index is 0.191. The summed E-state index contributed by atoms with van der Waals surface area (Å²) in [5.41, 5.74) is 4.60. The van der Waals surface area contributed by atoms with Crippen LogP contribution in [0.25, 0.3) is 0 Å². The van der Waals surface area contributed by atoms with Crippen molar-refractivity contribution in [3.8, 4) is 0 Å². The van der Waals surface area contributed by atoms with E-state index in [2.05, 4.69) is 30.9 Å². The molecule has 1 aliphatic carbocycles. The van der Waals surface area contributed by atoms with Gasteiger partial charge in [0, 0.05) is 31.2 Å². The van der Waals surface area contributed by atoms with Crippen molar-refractivity contribution in [2.24, 2.45) is 5.41 Å². The first-order valence-electron chi connectivity index (χ1n) is 8.87. The summed E-state index contributed by atoms with van der Waals surface area (Å²) in [5, 5.41) is 0. The predicted octanol–water partition coefficient (Wildman–Crippen LogP) is 4.03. The van der Waals surface area contributed by atoms with Crippen molar-refractivity contribution >= 4 is 5.91 Å². The Morgan fingerprint density at radius 3 is 2.57 bits per heavy atom. The molecule has 0 N–H and O–H groups in total. The lowest BCUT2D eigenvalue weighted by atomic mass is 9.76. The zero-order valence-corrected chi connectivity index (χ0v) is 14.9. The zero-order chi connectivity index (χ0) is 16.6. The molecule has 1 aromatic carbocycles. The second-order valence-electron chi connectivity index (χ2n) is 7.56. The van der Waals surface area contributed by atoms with Crippen LogP contribution in [-0.4, -0.2) is 37.1 Å². The number of hydrogen-bond acceptors (Lipinski definition) is 2. The van der Waals surface area contributed by atoms with Crippen LogP contribution < -0.4 is 0 Å². The highest BCUT2D eigenvalue weighted by Gasteiger charge is 2.46. The lowest BCUT2D eigenvalue weighted by Gasteiger charge is -2.43. The van der Waals surface area contributed by atoms with E-state index in [4.69, 9.17) is 4.74 Å². The second-order valence-corrected chi connectivity index (χ2v) is 7.56. The zero-order valence-electron chi connectivity index (χ0n) is 14.9. The van der Waals surface area contributed by atoms with Gasteiger partial charge in [-0.05, 0) is 69.2 Å². The largest absolute Gasteiger partial charge is 0.381 e. The van der Waals surface area contributed by atoms with Crippen LogP contribution in [0.2, 0.25) is 0 Å². The summed E-state index contributed by atoms with van der Waals surface area (Å²) in [6, 6.07) is 4.20. The molecule has 2 aliphatic rings. The molecule has 1 amide bonds. The first kappa shape index (κ1) is 16.5. The number of carbonyl (C=O) groups excluding carboxylic acids is 1. The quantitative estimate of drug-likeness (QED) is 0.824. The number of nitrogens with zero attached hydrogens (tertiary/aromatic N) is 1. The van der Waals surface area contributed by atoms with Crippen LogP contribution in [0.4, 0.5) is 0 Å². The molecule has 2 atom stereocenters. The van der Waals surface area contributed by atoms with E-state index in [1.165, 1.54) is 30.4 Å². The maximum Gasteiger partial charge on any atom is 0.254 e. The molecule has 3 nitrogen and oxygen atoms in total. The van der Waals surface area contributed by atoms with Crippen molar-refractivity contribution in [1.82, 2.24) is 4.90 Å². The van der Waals surface area contributed by atoms with Gasteiger partial charge in [-0.1, -0.05) is 12.5 Å². The Balaban J connectivity index is 1.84. The molecular weight excluding hydrogens is 286 g/mol. The molecule has 0 bridgehead atoms. The standard InChI is InChI=1S/C20H29NO2/c1-14-11-16(3)17(12-15(14)2)19(22)21-10-6-9-20(13-21)8-5-7-18(20)23-4/h11-12,18H,5-10,13H2,1-4H3/t18-,20-/m1/s1. The van der Waals surface area contributed by atoms with Crippen LogP contribution in [-0.2, 0) is 4.74 Å². The molecule has 1 spiro atoms. The second kappa shape index (κ2) is 6.27. The van der Waals surface area contributed by atoms with Crippen molar-refractivity contribution in [1.29, 1.82) is 0 Å². The minimum Gasteiger partial charge on any atom is -0.381 e. The van der Waals surface area contributed by atoms with Crippen LogP contribution in [0, 0.1) is 26.2 Å². The third-order valence-electron chi connectivity index (χ3n) is 6.08. The molecule has 1 saturated carbocycles. The van der Waals surface area contributed by atoms with E-state index in [0.29, 0.717) is 6.10 Å². The number of methoxy groups -OCH3 is 1. The smallest absolute Gasteiger partial charge is 0.254 e. The summed E-state index contributed by atoms with van der Waals surface area (Å²) in [4.78, 5) is 15.2. The van der Waals surface area contributed by atoms with Gasteiger partial charge in [0.05, 0.1) is 6.10 Å². The van der Waals surface area contributed by atoms with Crippen molar-refractivity contribution in [3.63, 3.8) is 0 Å². The Hall–Kier alpha value is -1.35. The fraction of sp³-hybridized carbons (Fsp3) is 0.650. The Bertz CT molecular complexity index is 610. The Morgan fingerprint density at radius 1 is 1.13 bits per heavy atom. The number of likely N-dealkylation sites (tertiary alicyclic amines) is 1. The first-order valence-corrected chi connectivity index (χ1v) is 8.87. The lowest BCUT2D eigenvalue weighted by molar-refractivity contribution is -0.0295. The van der Waals surface area contributed by atoms with Crippen LogP contribution >= 0.6 is 0 Å². The van der Waals surface area contributed by atoms with Gasteiger partial charge in [-0.15, -0.1) is 0 Å². The van der Waals surface area contributed by atoms with Gasteiger partial charge in [-0.25, -0.2) is 0 Å². The van der Waals surface area contributed by atoms with Gasteiger partial charge in [0.25, 0.3) is 5.91 Å². The third-order valence-corrected chi connectivity index (χ3v) is 6.08. The number of carbonyl (C=O) groups is 1. The first-order chi connectivity index (χ1) is 11.0. The van der Waals surface area contributed by atoms with Gasteiger partial charge in [0.2, 0.25) is 0 Å². The summed E-state index contributed by atoms with van der Waals surface area (Å²) in [5.74, 6) is 0.200. The number of hydrogen-bond donors (Lipinski definition) is 0. The maximum atomic E-state index is 13.1. The van der Waals surface area contributed by atoms with E-state index in [1.807, 2.05) is 14.0 Å².